The Morgan fingerprint density at radius 2 is 2.27 bits per heavy atom. The van der Waals surface area contributed by atoms with Crippen molar-refractivity contribution in [1.82, 2.24) is 20.0 Å². The highest BCUT2D eigenvalue weighted by molar-refractivity contribution is 6.30. The molecule has 1 aromatic carbocycles. The van der Waals surface area contributed by atoms with Crippen molar-refractivity contribution in [1.29, 1.82) is 0 Å². The van der Waals surface area contributed by atoms with Gasteiger partial charge in [-0.15, -0.1) is 0 Å². The zero-order valence-electron chi connectivity index (χ0n) is 12.5. The van der Waals surface area contributed by atoms with Gasteiger partial charge in [0, 0.05) is 32.3 Å². The van der Waals surface area contributed by atoms with Crippen molar-refractivity contribution in [3.05, 3.63) is 52.8 Å². The van der Waals surface area contributed by atoms with Crippen LogP contribution in [0.4, 0.5) is 0 Å². The molecule has 0 saturated heterocycles. The molecule has 0 aliphatic carbocycles. The molecule has 116 valence electrons. The van der Waals surface area contributed by atoms with Crippen LogP contribution in [0.25, 0.3) is 0 Å². The summed E-state index contributed by atoms with van der Waals surface area (Å²) in [7, 11) is 2.07. The van der Waals surface area contributed by atoms with Gasteiger partial charge in [-0.05, 0) is 18.2 Å². The molecule has 6 heteroatoms. The van der Waals surface area contributed by atoms with Crippen molar-refractivity contribution < 1.29 is 4.79 Å². The molecule has 2 heterocycles. The first-order chi connectivity index (χ1) is 10.6. The monoisotopic (exact) mass is 318 g/mol. The summed E-state index contributed by atoms with van der Waals surface area (Å²) in [6, 6.07) is 8.33. The van der Waals surface area contributed by atoms with Crippen molar-refractivity contribution in [3.63, 3.8) is 0 Å². The minimum Gasteiger partial charge on any atom is -0.348 e. The molecule has 1 unspecified atom stereocenters. The molecule has 1 atom stereocenters. The number of halogens is 1. The van der Waals surface area contributed by atoms with E-state index in [2.05, 4.69) is 34.5 Å². The number of fused-ring (bicyclic) bond motifs is 1. The number of hydrogen-bond acceptors (Lipinski definition) is 3. The second kappa shape index (κ2) is 6.50. The number of rotatable bonds is 4. The number of nitrogens with zero attached hydrogens (tertiary/aromatic N) is 3. The Kier molecular flexibility index (Phi) is 4.45. The van der Waals surface area contributed by atoms with Gasteiger partial charge in [0.25, 0.3) is 0 Å². The summed E-state index contributed by atoms with van der Waals surface area (Å²) in [6.45, 7) is 2.29. The predicted octanol–water partition coefficient (Wildman–Crippen LogP) is 2.23. The fraction of sp³-hybridized carbons (Fsp3) is 0.375. The molecular formula is C16H19ClN4O. The van der Waals surface area contributed by atoms with Crippen LogP contribution in [-0.4, -0.2) is 34.2 Å². The van der Waals surface area contributed by atoms with Crippen LogP contribution >= 0.6 is 11.6 Å². The van der Waals surface area contributed by atoms with Gasteiger partial charge in [-0.2, -0.15) is 5.10 Å². The second-order valence-electron chi connectivity index (χ2n) is 5.69. The number of aromatic nitrogens is 2. The van der Waals surface area contributed by atoms with Crippen LogP contribution in [0.3, 0.4) is 0 Å². The molecule has 1 aliphatic rings. The van der Waals surface area contributed by atoms with Gasteiger partial charge in [0.15, 0.2) is 0 Å². The van der Waals surface area contributed by atoms with E-state index in [0.717, 1.165) is 13.1 Å². The molecule has 3 rings (SSSR count). The lowest BCUT2D eigenvalue weighted by atomic mass is 9.95. The largest absolute Gasteiger partial charge is 0.348 e. The molecule has 22 heavy (non-hydrogen) atoms. The lowest BCUT2D eigenvalue weighted by Crippen LogP contribution is -2.40. The van der Waals surface area contributed by atoms with Crippen LogP contribution in [0, 0.1) is 0 Å². The fourth-order valence-corrected chi connectivity index (χ4v) is 3.01. The van der Waals surface area contributed by atoms with E-state index in [4.69, 9.17) is 11.6 Å². The van der Waals surface area contributed by atoms with Gasteiger partial charge < -0.3 is 5.32 Å². The first kappa shape index (κ1) is 15.1. The average Bonchev–Trinajstić information content (AvgIpc) is 2.91. The zero-order chi connectivity index (χ0) is 15.5. The molecule has 0 spiro atoms. The molecule has 5 nitrogen and oxygen atoms in total. The standard InChI is InChI=1S/C16H19ClN4O/c1-20-9-12-4-2-3-5-14(12)15(11-20)19-16(22)6-7-21-10-13(17)8-18-21/h2-5,8,10,15H,6-7,9,11H2,1H3,(H,19,22). The van der Waals surface area contributed by atoms with Crippen molar-refractivity contribution in [2.24, 2.45) is 0 Å². The van der Waals surface area contributed by atoms with E-state index in [1.54, 1.807) is 17.1 Å². The van der Waals surface area contributed by atoms with Crippen molar-refractivity contribution in [2.75, 3.05) is 13.6 Å². The number of aryl methyl sites for hydroxylation is 1. The molecule has 0 saturated carbocycles. The van der Waals surface area contributed by atoms with Gasteiger partial charge in [-0.25, -0.2) is 0 Å². The Labute approximate surface area is 134 Å². The third kappa shape index (κ3) is 3.48. The summed E-state index contributed by atoms with van der Waals surface area (Å²) in [5.41, 5.74) is 2.50. The number of carbonyl (C=O) groups excluding carboxylic acids is 1. The summed E-state index contributed by atoms with van der Waals surface area (Å²) < 4.78 is 1.68. The van der Waals surface area contributed by atoms with E-state index in [-0.39, 0.29) is 11.9 Å². The fourth-order valence-electron chi connectivity index (χ4n) is 2.85. The SMILES string of the molecule is CN1Cc2ccccc2C(NC(=O)CCn2cc(Cl)cn2)C1. The maximum Gasteiger partial charge on any atom is 0.222 e. The molecule has 1 N–H and O–H groups in total. The highest BCUT2D eigenvalue weighted by Gasteiger charge is 2.24. The number of nitrogens with one attached hydrogen (secondary N) is 1. The smallest absolute Gasteiger partial charge is 0.222 e. The quantitative estimate of drug-likeness (QED) is 0.940. The van der Waals surface area contributed by atoms with E-state index in [1.165, 1.54) is 11.1 Å². The molecule has 0 fully saturated rings. The lowest BCUT2D eigenvalue weighted by molar-refractivity contribution is -0.122. The molecular weight excluding hydrogens is 300 g/mol. The van der Waals surface area contributed by atoms with E-state index in [9.17, 15) is 4.79 Å². The Balaban J connectivity index is 1.61. The number of benzene rings is 1. The molecule has 1 amide bonds. The normalized spacial score (nSPS) is 18.0. The van der Waals surface area contributed by atoms with E-state index >= 15 is 0 Å². The van der Waals surface area contributed by atoms with Gasteiger partial charge in [0.05, 0.1) is 17.3 Å². The second-order valence-corrected chi connectivity index (χ2v) is 6.12. The minimum absolute atomic E-state index is 0.0294. The summed E-state index contributed by atoms with van der Waals surface area (Å²) in [6.07, 6.45) is 3.69. The first-order valence-corrected chi connectivity index (χ1v) is 7.73. The molecule has 1 aliphatic heterocycles. The summed E-state index contributed by atoms with van der Waals surface area (Å²) in [5, 5.41) is 7.79. The summed E-state index contributed by atoms with van der Waals surface area (Å²) in [4.78, 5) is 14.4. The number of hydrogen-bond donors (Lipinski definition) is 1. The number of amides is 1. The Morgan fingerprint density at radius 1 is 1.45 bits per heavy atom. The van der Waals surface area contributed by atoms with Gasteiger partial charge in [-0.3, -0.25) is 14.4 Å². The van der Waals surface area contributed by atoms with Crippen LogP contribution in [0.5, 0.6) is 0 Å². The van der Waals surface area contributed by atoms with Crippen molar-refractivity contribution in [2.45, 2.75) is 25.6 Å². The Morgan fingerprint density at radius 3 is 3.05 bits per heavy atom. The molecule has 0 bridgehead atoms. The maximum atomic E-state index is 12.2. The average molecular weight is 319 g/mol. The number of carbonyl (C=O) groups is 1. The number of likely N-dealkylation sites (N-methyl/N-ethyl adjacent to an activating group) is 1. The zero-order valence-corrected chi connectivity index (χ0v) is 13.3. The van der Waals surface area contributed by atoms with Gasteiger partial charge >= 0.3 is 0 Å². The van der Waals surface area contributed by atoms with Crippen LogP contribution in [0.2, 0.25) is 5.02 Å². The highest BCUT2D eigenvalue weighted by Crippen LogP contribution is 2.25. The minimum atomic E-state index is 0.0294. The van der Waals surface area contributed by atoms with Gasteiger partial charge in [0.1, 0.15) is 0 Å². The maximum absolute atomic E-state index is 12.2. The third-order valence-electron chi connectivity index (χ3n) is 3.87. The van der Waals surface area contributed by atoms with Crippen LogP contribution in [0.1, 0.15) is 23.6 Å². The van der Waals surface area contributed by atoms with Crippen LogP contribution in [0.15, 0.2) is 36.7 Å². The molecule has 2 aromatic rings. The Bertz CT molecular complexity index is 670. The van der Waals surface area contributed by atoms with Crippen LogP contribution < -0.4 is 5.32 Å². The highest BCUT2D eigenvalue weighted by atomic mass is 35.5. The predicted molar refractivity (Wildman–Crippen MR) is 85.5 cm³/mol. The lowest BCUT2D eigenvalue weighted by Gasteiger charge is -2.32. The van der Waals surface area contributed by atoms with Crippen LogP contribution in [-0.2, 0) is 17.9 Å². The van der Waals surface area contributed by atoms with Crippen molar-refractivity contribution in [3.8, 4) is 0 Å². The van der Waals surface area contributed by atoms with E-state index < -0.39 is 0 Å². The van der Waals surface area contributed by atoms with Crippen molar-refractivity contribution >= 4 is 17.5 Å². The van der Waals surface area contributed by atoms with E-state index in [1.807, 2.05) is 12.1 Å². The topological polar surface area (TPSA) is 50.2 Å². The van der Waals surface area contributed by atoms with E-state index in [0.29, 0.717) is 18.0 Å². The first-order valence-electron chi connectivity index (χ1n) is 7.35. The molecule has 1 aromatic heterocycles. The molecule has 0 radical (unpaired) electrons. The Hall–Kier alpha value is -1.85. The van der Waals surface area contributed by atoms with Gasteiger partial charge in [-0.1, -0.05) is 35.9 Å². The summed E-state index contributed by atoms with van der Waals surface area (Å²) >= 11 is 5.81. The van der Waals surface area contributed by atoms with Gasteiger partial charge in [0.2, 0.25) is 5.91 Å². The third-order valence-corrected chi connectivity index (χ3v) is 4.07. The summed E-state index contributed by atoms with van der Waals surface area (Å²) in [5.74, 6) is 0.0294.